The van der Waals surface area contributed by atoms with Crippen LogP contribution in [0.5, 0.6) is 0 Å². The molecule has 1 aliphatic heterocycles. The molecular weight excluding hydrogens is 181 g/mol. The van der Waals surface area contributed by atoms with Crippen molar-refractivity contribution >= 4 is 17.4 Å². The highest BCUT2D eigenvalue weighted by Gasteiger charge is 2.18. The molecule has 0 spiro atoms. The Morgan fingerprint density at radius 2 is 2.08 bits per heavy atom. The lowest BCUT2D eigenvalue weighted by molar-refractivity contribution is -0.121. The highest BCUT2D eigenvalue weighted by Crippen LogP contribution is 2.07. The van der Waals surface area contributed by atoms with Gasteiger partial charge < -0.3 is 0 Å². The summed E-state index contributed by atoms with van der Waals surface area (Å²) in [4.78, 5) is 12.8. The second kappa shape index (κ2) is 4.77. The van der Waals surface area contributed by atoms with Gasteiger partial charge in [0.2, 0.25) is 0 Å². The second-order valence-corrected chi connectivity index (χ2v) is 3.40. The van der Waals surface area contributed by atoms with Gasteiger partial charge in [-0.15, -0.1) is 11.6 Å². The van der Waals surface area contributed by atoms with Gasteiger partial charge in [-0.05, 0) is 0 Å². The Balaban J connectivity index is 2.21. The Morgan fingerprint density at radius 1 is 1.50 bits per heavy atom. The first-order valence-electron chi connectivity index (χ1n) is 4.16. The molecule has 1 rings (SSSR count). The molecule has 70 valence electrons. The number of hydrogen-bond donors (Lipinski definition) is 0. The number of nitrogens with zero attached hydrogens (tertiary/aromatic N) is 1. The number of carbonyl (C=O) groups is 1. The minimum Gasteiger partial charge on any atom is -0.300 e. The molecule has 4 heteroatoms. The van der Waals surface area contributed by atoms with Gasteiger partial charge in [0.1, 0.15) is 12.0 Å². The number of ketones is 1. The minimum absolute atomic E-state index is 0.0461. The van der Waals surface area contributed by atoms with Crippen LogP contribution in [0.25, 0.3) is 0 Å². The van der Waals surface area contributed by atoms with Gasteiger partial charge in [0.25, 0.3) is 0 Å². The first-order valence-corrected chi connectivity index (χ1v) is 4.70. The van der Waals surface area contributed by atoms with E-state index in [2.05, 4.69) is 0 Å². The van der Waals surface area contributed by atoms with Crippen LogP contribution >= 0.6 is 11.6 Å². The quantitative estimate of drug-likeness (QED) is 0.629. The summed E-state index contributed by atoms with van der Waals surface area (Å²) in [7, 11) is 0. The fraction of sp³-hybridized carbons (Fsp3) is 0.875. The average molecular weight is 194 g/mol. The molecule has 0 aliphatic carbocycles. The van der Waals surface area contributed by atoms with Crippen LogP contribution in [0.2, 0.25) is 0 Å². The van der Waals surface area contributed by atoms with Crippen molar-refractivity contribution < 1.29 is 9.18 Å². The Morgan fingerprint density at radius 3 is 2.58 bits per heavy atom. The maximum atomic E-state index is 12.8. The van der Waals surface area contributed by atoms with Crippen molar-refractivity contribution in [1.82, 2.24) is 4.90 Å². The second-order valence-electron chi connectivity index (χ2n) is 3.09. The predicted molar refractivity (Wildman–Crippen MR) is 46.3 cm³/mol. The number of carbonyl (C=O) groups excluding carboxylic acids is 1. The fourth-order valence-corrected chi connectivity index (χ4v) is 1.41. The molecule has 0 aromatic heterocycles. The molecule has 0 radical (unpaired) electrons. The van der Waals surface area contributed by atoms with Crippen molar-refractivity contribution in [2.45, 2.75) is 19.0 Å². The minimum atomic E-state index is -0.958. The van der Waals surface area contributed by atoms with E-state index in [1.807, 2.05) is 4.90 Å². The van der Waals surface area contributed by atoms with Crippen molar-refractivity contribution in [1.29, 1.82) is 0 Å². The highest BCUT2D eigenvalue weighted by molar-refractivity contribution is 6.18. The predicted octanol–water partition coefficient (Wildman–Crippen LogP) is 1.23. The van der Waals surface area contributed by atoms with Crippen LogP contribution in [0.15, 0.2) is 0 Å². The number of alkyl halides is 2. The van der Waals surface area contributed by atoms with Crippen LogP contribution in [-0.2, 0) is 4.79 Å². The third-order valence-corrected chi connectivity index (χ3v) is 2.37. The zero-order chi connectivity index (χ0) is 8.97. The molecule has 1 aliphatic rings. The molecule has 1 saturated heterocycles. The van der Waals surface area contributed by atoms with Gasteiger partial charge >= 0.3 is 0 Å². The number of rotatable bonds is 3. The number of likely N-dealkylation sites (tertiary alicyclic amines) is 1. The lowest BCUT2D eigenvalue weighted by Crippen LogP contribution is -2.38. The number of hydrogen-bond acceptors (Lipinski definition) is 2. The molecule has 0 bridgehead atoms. The molecule has 1 fully saturated rings. The summed E-state index contributed by atoms with van der Waals surface area (Å²) in [6, 6.07) is 0. The van der Waals surface area contributed by atoms with Gasteiger partial charge in [-0.25, -0.2) is 4.39 Å². The van der Waals surface area contributed by atoms with E-state index in [0.717, 1.165) is 0 Å². The summed E-state index contributed by atoms with van der Waals surface area (Å²) >= 11 is 5.33. The van der Waals surface area contributed by atoms with Gasteiger partial charge in [-0.3, -0.25) is 9.69 Å². The van der Waals surface area contributed by atoms with Crippen LogP contribution in [0.3, 0.4) is 0 Å². The maximum Gasteiger partial charge on any atom is 0.135 e. The Hall–Kier alpha value is -0.150. The summed E-state index contributed by atoms with van der Waals surface area (Å²) < 4.78 is 12.8. The molecule has 1 atom stereocenters. The Kier molecular flexibility index (Phi) is 3.95. The Bertz CT molecular complexity index is 155. The average Bonchev–Trinajstić information content (AvgIpc) is 2.09. The van der Waals surface area contributed by atoms with Crippen LogP contribution in [0.1, 0.15) is 12.8 Å². The summed E-state index contributed by atoms with van der Waals surface area (Å²) in [5, 5.41) is 0. The van der Waals surface area contributed by atoms with E-state index < -0.39 is 6.17 Å². The van der Waals surface area contributed by atoms with E-state index in [0.29, 0.717) is 32.5 Å². The normalized spacial score (nSPS) is 22.7. The van der Waals surface area contributed by atoms with Crippen LogP contribution in [0, 0.1) is 0 Å². The van der Waals surface area contributed by atoms with E-state index in [-0.39, 0.29) is 11.7 Å². The van der Waals surface area contributed by atoms with Gasteiger partial charge in [0.05, 0.1) is 5.88 Å². The summed E-state index contributed by atoms with van der Waals surface area (Å²) in [5.74, 6) is 0.331. The highest BCUT2D eigenvalue weighted by atomic mass is 35.5. The summed E-state index contributed by atoms with van der Waals surface area (Å²) in [6.45, 7) is 1.75. The standard InChI is InChI=1S/C8H13ClFNO/c9-5-7(10)6-11-3-1-8(12)2-4-11/h7H,1-6H2. The lowest BCUT2D eigenvalue weighted by atomic mass is 10.1. The molecule has 0 aromatic rings. The molecule has 1 heterocycles. The largest absolute Gasteiger partial charge is 0.300 e. The number of piperidine rings is 1. The molecule has 0 saturated carbocycles. The van der Waals surface area contributed by atoms with Crippen LogP contribution in [-0.4, -0.2) is 42.4 Å². The molecule has 1 unspecified atom stereocenters. The van der Waals surface area contributed by atoms with Crippen LogP contribution in [0.4, 0.5) is 4.39 Å². The van der Waals surface area contributed by atoms with E-state index in [9.17, 15) is 9.18 Å². The first kappa shape index (κ1) is 9.93. The topological polar surface area (TPSA) is 20.3 Å². The molecule has 0 amide bonds. The van der Waals surface area contributed by atoms with Gasteiger partial charge in [0.15, 0.2) is 0 Å². The monoisotopic (exact) mass is 193 g/mol. The molecule has 2 nitrogen and oxygen atoms in total. The zero-order valence-corrected chi connectivity index (χ0v) is 7.69. The Labute approximate surface area is 76.7 Å². The van der Waals surface area contributed by atoms with Crippen LogP contribution < -0.4 is 0 Å². The van der Waals surface area contributed by atoms with E-state index in [1.54, 1.807) is 0 Å². The van der Waals surface area contributed by atoms with E-state index >= 15 is 0 Å². The van der Waals surface area contributed by atoms with Crippen molar-refractivity contribution in [3.8, 4) is 0 Å². The zero-order valence-electron chi connectivity index (χ0n) is 6.93. The van der Waals surface area contributed by atoms with Crippen molar-refractivity contribution in [3.05, 3.63) is 0 Å². The lowest BCUT2D eigenvalue weighted by Gasteiger charge is -2.26. The molecule has 0 aromatic carbocycles. The first-order chi connectivity index (χ1) is 5.72. The summed E-state index contributed by atoms with van der Waals surface area (Å²) in [6.07, 6.45) is 0.171. The third-order valence-electron chi connectivity index (χ3n) is 2.04. The fourth-order valence-electron chi connectivity index (χ4n) is 1.31. The van der Waals surface area contributed by atoms with Gasteiger partial charge in [0, 0.05) is 32.5 Å². The van der Waals surface area contributed by atoms with Gasteiger partial charge in [-0.2, -0.15) is 0 Å². The summed E-state index contributed by atoms with van der Waals surface area (Å²) in [5.41, 5.74) is 0. The van der Waals surface area contributed by atoms with E-state index in [4.69, 9.17) is 11.6 Å². The number of Topliss-reactive ketones (excluding diaryl/α,β-unsaturated/α-hetero) is 1. The maximum absolute atomic E-state index is 12.8. The van der Waals surface area contributed by atoms with Crippen molar-refractivity contribution in [3.63, 3.8) is 0 Å². The molecule has 12 heavy (non-hydrogen) atoms. The van der Waals surface area contributed by atoms with Crippen molar-refractivity contribution in [2.75, 3.05) is 25.5 Å². The molecular formula is C8H13ClFNO. The molecule has 0 N–H and O–H groups in total. The van der Waals surface area contributed by atoms with Gasteiger partial charge in [-0.1, -0.05) is 0 Å². The van der Waals surface area contributed by atoms with E-state index in [1.165, 1.54) is 0 Å². The SMILES string of the molecule is O=C1CCN(CC(F)CCl)CC1. The smallest absolute Gasteiger partial charge is 0.135 e. The third kappa shape index (κ3) is 3.07. The number of halogens is 2. The van der Waals surface area contributed by atoms with Crippen molar-refractivity contribution in [2.24, 2.45) is 0 Å².